The molecule has 16 heavy (non-hydrogen) atoms. The zero-order valence-electron chi connectivity index (χ0n) is 8.22. The Morgan fingerprint density at radius 1 is 1.38 bits per heavy atom. The van der Waals surface area contributed by atoms with E-state index in [0.717, 1.165) is 0 Å². The fourth-order valence-electron chi connectivity index (χ4n) is 1.16. The third-order valence-electron chi connectivity index (χ3n) is 2.00. The Hall–Kier alpha value is -2.22. The van der Waals surface area contributed by atoms with Gasteiger partial charge >= 0.3 is 5.97 Å². The Kier molecular flexibility index (Phi) is 4.16. The van der Waals surface area contributed by atoms with Crippen LogP contribution in [0.15, 0.2) is 30.3 Å². The minimum absolute atomic E-state index is 0.370. The van der Waals surface area contributed by atoms with E-state index in [1.165, 1.54) is 6.07 Å². The van der Waals surface area contributed by atoms with Crippen LogP contribution in [0.3, 0.4) is 0 Å². The molecule has 0 spiro atoms. The molecule has 0 saturated carbocycles. The van der Waals surface area contributed by atoms with Gasteiger partial charge in [-0.15, -0.1) is 0 Å². The van der Waals surface area contributed by atoms with Gasteiger partial charge in [0.05, 0.1) is 6.07 Å². The molecule has 1 unspecified atom stereocenters. The molecule has 0 aliphatic carbocycles. The van der Waals surface area contributed by atoms with Gasteiger partial charge in [0.25, 0.3) is 0 Å². The van der Waals surface area contributed by atoms with Gasteiger partial charge in [-0.3, -0.25) is 9.74 Å². The van der Waals surface area contributed by atoms with Crippen LogP contribution in [0.2, 0.25) is 0 Å². The second-order valence-corrected chi connectivity index (χ2v) is 3.07. The number of ketones is 1. The molecule has 1 rings (SSSR count). The van der Waals surface area contributed by atoms with Crippen LogP contribution < -0.4 is 0 Å². The Morgan fingerprint density at radius 3 is 2.50 bits per heavy atom. The van der Waals surface area contributed by atoms with Crippen molar-refractivity contribution >= 4 is 11.8 Å². The number of nitrogens with zero attached hydrogens (tertiary/aromatic N) is 1. The first-order chi connectivity index (χ1) is 7.69. The normalized spacial score (nSPS) is 11.2. The molecule has 0 aromatic heterocycles. The Balaban J connectivity index is 2.71. The smallest absolute Gasteiger partial charge is 0.294 e. The minimum atomic E-state index is -1.40. The monoisotopic (exact) mass is 221 g/mol. The van der Waals surface area contributed by atoms with Crippen molar-refractivity contribution in [1.82, 2.24) is 0 Å². The quantitative estimate of drug-likeness (QED) is 0.727. The van der Waals surface area contributed by atoms with Gasteiger partial charge in [-0.1, -0.05) is 30.3 Å². The van der Waals surface area contributed by atoms with E-state index in [-0.39, 0.29) is 6.42 Å². The lowest BCUT2D eigenvalue weighted by Crippen LogP contribution is -2.17. The summed E-state index contributed by atoms with van der Waals surface area (Å²) in [4.78, 5) is 25.2. The maximum atomic E-state index is 11.6. The van der Waals surface area contributed by atoms with Gasteiger partial charge < -0.3 is 0 Å². The molecule has 1 atom stereocenters. The van der Waals surface area contributed by atoms with Gasteiger partial charge in [0, 0.05) is 16.5 Å². The van der Waals surface area contributed by atoms with Crippen LogP contribution in [0.25, 0.3) is 0 Å². The second-order valence-electron chi connectivity index (χ2n) is 3.07. The molecule has 1 aromatic rings. The third kappa shape index (κ3) is 2.89. The lowest BCUT2D eigenvalue weighted by atomic mass is 10.00. The molecule has 0 aliphatic heterocycles. The number of benzene rings is 1. The van der Waals surface area contributed by atoms with Crippen molar-refractivity contribution in [3.63, 3.8) is 0 Å². The number of hydrogen-bond acceptors (Lipinski definition) is 4. The predicted molar refractivity (Wildman–Crippen MR) is 51.7 cm³/mol. The first-order valence-corrected chi connectivity index (χ1v) is 4.49. The largest absolute Gasteiger partial charge is 0.366 e. The highest BCUT2D eigenvalue weighted by molar-refractivity contribution is 5.98. The Labute approximate surface area is 91.2 Å². The maximum Gasteiger partial charge on any atom is 0.366 e. The zero-order chi connectivity index (χ0) is 12.0. The SMILES string of the molecule is N#CC(CC(=O)c1ccccc1)C(=O)OF. The minimum Gasteiger partial charge on any atom is -0.294 e. The van der Waals surface area contributed by atoms with Crippen molar-refractivity contribution in [3.05, 3.63) is 35.9 Å². The predicted octanol–water partition coefficient (Wildman–Crippen LogP) is 1.83. The molecule has 0 heterocycles. The third-order valence-corrected chi connectivity index (χ3v) is 2.00. The van der Waals surface area contributed by atoms with Crippen LogP contribution in [0.5, 0.6) is 0 Å². The van der Waals surface area contributed by atoms with Gasteiger partial charge in [0.15, 0.2) is 11.7 Å². The van der Waals surface area contributed by atoms with Gasteiger partial charge in [0.2, 0.25) is 0 Å². The fourth-order valence-corrected chi connectivity index (χ4v) is 1.16. The topological polar surface area (TPSA) is 67.2 Å². The summed E-state index contributed by atoms with van der Waals surface area (Å²) in [5, 5.41) is 8.55. The molecule has 82 valence electrons. The summed E-state index contributed by atoms with van der Waals surface area (Å²) in [7, 11) is 0. The molecular weight excluding hydrogens is 213 g/mol. The standard InChI is InChI=1S/C11H8FNO3/c12-16-11(15)9(7-13)6-10(14)8-4-2-1-3-5-8/h1-5,9H,6H2. The lowest BCUT2D eigenvalue weighted by Gasteiger charge is -2.03. The summed E-state index contributed by atoms with van der Waals surface area (Å²) in [5.41, 5.74) is 0.370. The first kappa shape index (κ1) is 11.9. The van der Waals surface area contributed by atoms with E-state index in [9.17, 15) is 14.1 Å². The Bertz CT molecular complexity index is 425. The molecule has 0 aliphatic rings. The highest BCUT2D eigenvalue weighted by Gasteiger charge is 2.24. The van der Waals surface area contributed by atoms with Crippen molar-refractivity contribution in [3.8, 4) is 6.07 Å². The number of carbonyl (C=O) groups is 2. The van der Waals surface area contributed by atoms with Gasteiger partial charge in [-0.2, -0.15) is 5.26 Å². The van der Waals surface area contributed by atoms with Crippen molar-refractivity contribution in [2.24, 2.45) is 5.92 Å². The highest BCUT2D eigenvalue weighted by Crippen LogP contribution is 2.11. The molecule has 0 amide bonds. The summed E-state index contributed by atoms with van der Waals surface area (Å²) < 4.78 is 11.6. The summed E-state index contributed by atoms with van der Waals surface area (Å²) >= 11 is 0. The van der Waals surface area contributed by atoms with Crippen molar-refractivity contribution in [1.29, 1.82) is 5.26 Å². The number of nitriles is 1. The summed E-state index contributed by atoms with van der Waals surface area (Å²) in [6.07, 6.45) is -0.386. The molecule has 0 N–H and O–H groups in total. The van der Waals surface area contributed by atoms with Gasteiger partial charge in [0.1, 0.15) is 0 Å². The molecule has 0 saturated heterocycles. The molecule has 0 radical (unpaired) electrons. The van der Waals surface area contributed by atoms with Gasteiger partial charge in [-0.25, -0.2) is 4.79 Å². The summed E-state index contributed by atoms with van der Waals surface area (Å²) in [6.45, 7) is 0. The lowest BCUT2D eigenvalue weighted by molar-refractivity contribution is -0.186. The molecule has 0 fully saturated rings. The Morgan fingerprint density at radius 2 is 2.00 bits per heavy atom. The number of carbonyl (C=O) groups excluding carboxylic acids is 2. The average molecular weight is 221 g/mol. The number of hydrogen-bond donors (Lipinski definition) is 0. The van der Waals surface area contributed by atoms with E-state index in [0.29, 0.717) is 5.56 Å². The van der Waals surface area contributed by atoms with Crippen molar-refractivity contribution in [2.45, 2.75) is 6.42 Å². The van der Waals surface area contributed by atoms with E-state index < -0.39 is 17.7 Å². The zero-order valence-corrected chi connectivity index (χ0v) is 8.22. The van der Waals surface area contributed by atoms with Crippen molar-refractivity contribution < 1.29 is 19.1 Å². The molecule has 0 bridgehead atoms. The van der Waals surface area contributed by atoms with E-state index in [4.69, 9.17) is 5.26 Å². The van der Waals surface area contributed by atoms with Crippen LogP contribution in [-0.4, -0.2) is 11.8 Å². The van der Waals surface area contributed by atoms with Crippen LogP contribution in [-0.2, 0) is 9.74 Å². The fraction of sp³-hybridized carbons (Fsp3) is 0.182. The van der Waals surface area contributed by atoms with Gasteiger partial charge in [-0.05, 0) is 0 Å². The average Bonchev–Trinajstić information content (AvgIpc) is 2.35. The highest BCUT2D eigenvalue weighted by atomic mass is 19.3. The number of Topliss-reactive ketones (excluding diaryl/α,β-unsaturated/α-hetero) is 1. The van der Waals surface area contributed by atoms with E-state index >= 15 is 0 Å². The van der Waals surface area contributed by atoms with Crippen LogP contribution >= 0.6 is 0 Å². The number of halogens is 1. The van der Waals surface area contributed by atoms with Crippen LogP contribution in [0, 0.1) is 17.2 Å². The van der Waals surface area contributed by atoms with Crippen molar-refractivity contribution in [2.75, 3.05) is 0 Å². The second kappa shape index (κ2) is 5.61. The first-order valence-electron chi connectivity index (χ1n) is 4.49. The molecule has 1 aromatic carbocycles. The maximum absolute atomic E-state index is 11.6. The summed E-state index contributed by atoms with van der Waals surface area (Å²) in [5.74, 6) is -3.15. The summed E-state index contributed by atoms with van der Waals surface area (Å²) in [6, 6.07) is 9.66. The van der Waals surface area contributed by atoms with E-state index in [1.807, 2.05) is 0 Å². The molecule has 5 heteroatoms. The molecule has 4 nitrogen and oxygen atoms in total. The molecular formula is C11H8FNO3. The van der Waals surface area contributed by atoms with Crippen LogP contribution in [0.4, 0.5) is 4.53 Å². The van der Waals surface area contributed by atoms with E-state index in [2.05, 4.69) is 4.94 Å². The van der Waals surface area contributed by atoms with Crippen LogP contribution in [0.1, 0.15) is 16.8 Å². The van der Waals surface area contributed by atoms with E-state index in [1.54, 1.807) is 30.3 Å². The number of rotatable bonds is 4.